The summed E-state index contributed by atoms with van der Waals surface area (Å²) in [4.78, 5) is 28.5. The van der Waals surface area contributed by atoms with Crippen LogP contribution in [0.2, 0.25) is 0 Å². The van der Waals surface area contributed by atoms with Crippen molar-refractivity contribution in [2.75, 3.05) is 24.5 Å². The molecule has 0 aliphatic carbocycles. The molecule has 0 fully saturated rings. The van der Waals surface area contributed by atoms with Crippen LogP contribution in [0.4, 0.5) is 5.69 Å². The van der Waals surface area contributed by atoms with Gasteiger partial charge in [0.1, 0.15) is 18.3 Å². The number of para-hydroxylation sites is 1. The molecule has 0 saturated carbocycles. The Labute approximate surface area is 231 Å². The lowest BCUT2D eigenvalue weighted by atomic mass is 10.1. The molecule has 8 nitrogen and oxygen atoms in total. The summed E-state index contributed by atoms with van der Waals surface area (Å²) in [6, 6.07) is 21.4. The van der Waals surface area contributed by atoms with Gasteiger partial charge in [0.15, 0.2) is 0 Å². The maximum atomic E-state index is 13.9. The monoisotopic (exact) mass is 551 g/mol. The summed E-state index contributed by atoms with van der Waals surface area (Å²) in [5, 5.41) is 2.89. The van der Waals surface area contributed by atoms with E-state index in [1.807, 2.05) is 25.1 Å². The zero-order valence-corrected chi connectivity index (χ0v) is 23.8. The fraction of sp³-hybridized carbons (Fsp3) is 0.333. The number of nitrogens with zero attached hydrogens (tertiary/aromatic N) is 2. The Bertz CT molecular complexity index is 1340. The third-order valence-electron chi connectivity index (χ3n) is 6.50. The molecule has 0 radical (unpaired) electrons. The molecule has 0 spiro atoms. The van der Waals surface area contributed by atoms with Crippen molar-refractivity contribution in [1.29, 1.82) is 0 Å². The van der Waals surface area contributed by atoms with Gasteiger partial charge in [0.2, 0.25) is 11.8 Å². The minimum atomic E-state index is -4.08. The van der Waals surface area contributed by atoms with Gasteiger partial charge in [-0.15, -0.1) is 0 Å². The Morgan fingerprint density at radius 3 is 2.21 bits per heavy atom. The van der Waals surface area contributed by atoms with E-state index in [0.29, 0.717) is 23.5 Å². The lowest BCUT2D eigenvalue weighted by Gasteiger charge is -2.32. The molecule has 3 aromatic carbocycles. The second-order valence-corrected chi connectivity index (χ2v) is 11.2. The van der Waals surface area contributed by atoms with Crippen molar-refractivity contribution < 1.29 is 22.7 Å². The van der Waals surface area contributed by atoms with E-state index in [1.54, 1.807) is 69.5 Å². The average Bonchev–Trinajstić information content (AvgIpc) is 2.95. The van der Waals surface area contributed by atoms with Crippen molar-refractivity contribution in [2.45, 2.75) is 51.1 Å². The molecule has 39 heavy (non-hydrogen) atoms. The van der Waals surface area contributed by atoms with Gasteiger partial charge in [0.05, 0.1) is 17.7 Å². The van der Waals surface area contributed by atoms with Crippen LogP contribution in [0.5, 0.6) is 5.75 Å². The van der Waals surface area contributed by atoms with E-state index in [0.717, 1.165) is 22.7 Å². The Balaban J connectivity index is 1.99. The molecule has 0 heterocycles. The van der Waals surface area contributed by atoms with Crippen LogP contribution in [0.3, 0.4) is 0 Å². The van der Waals surface area contributed by atoms with Crippen LogP contribution < -0.4 is 14.4 Å². The first-order valence-electron chi connectivity index (χ1n) is 13.0. The third kappa shape index (κ3) is 7.60. The number of benzene rings is 3. The summed E-state index contributed by atoms with van der Waals surface area (Å²) >= 11 is 0. The number of rotatable bonds is 13. The number of carbonyl (C=O) groups is 2. The van der Waals surface area contributed by atoms with Crippen molar-refractivity contribution in [3.8, 4) is 5.75 Å². The fourth-order valence-electron chi connectivity index (χ4n) is 4.12. The summed E-state index contributed by atoms with van der Waals surface area (Å²) in [5.41, 5.74) is 1.89. The summed E-state index contributed by atoms with van der Waals surface area (Å²) < 4.78 is 34.0. The molecule has 0 aliphatic heterocycles. The zero-order valence-electron chi connectivity index (χ0n) is 23.0. The molecule has 3 aromatic rings. The third-order valence-corrected chi connectivity index (χ3v) is 8.28. The molecule has 3 rings (SSSR count). The largest absolute Gasteiger partial charge is 0.497 e. The van der Waals surface area contributed by atoms with E-state index in [2.05, 4.69) is 5.32 Å². The van der Waals surface area contributed by atoms with Gasteiger partial charge in [-0.2, -0.15) is 0 Å². The Kier molecular flexibility index (Phi) is 10.5. The number of aryl methyl sites for hydroxylation is 1. The van der Waals surface area contributed by atoms with Crippen molar-refractivity contribution in [2.24, 2.45) is 0 Å². The van der Waals surface area contributed by atoms with Crippen LogP contribution in [0.15, 0.2) is 83.8 Å². The minimum Gasteiger partial charge on any atom is -0.497 e. The van der Waals surface area contributed by atoms with Gasteiger partial charge in [0, 0.05) is 13.1 Å². The topological polar surface area (TPSA) is 96.0 Å². The summed E-state index contributed by atoms with van der Waals surface area (Å²) in [5.74, 6) is -0.118. The number of amides is 2. The number of carbonyl (C=O) groups excluding carboxylic acids is 2. The number of sulfonamides is 1. The Hall–Kier alpha value is -3.85. The van der Waals surface area contributed by atoms with Crippen LogP contribution in [0, 0.1) is 6.92 Å². The molecule has 1 N–H and O–H groups in total. The predicted octanol–water partition coefficient (Wildman–Crippen LogP) is 4.53. The quantitative estimate of drug-likeness (QED) is 0.315. The number of nitrogens with one attached hydrogen (secondary N) is 1. The van der Waals surface area contributed by atoms with Crippen LogP contribution in [0.1, 0.15) is 37.8 Å². The number of unbranched alkanes of at least 4 members (excludes halogenated alkanes) is 1. The van der Waals surface area contributed by atoms with E-state index in [4.69, 9.17) is 4.74 Å². The van der Waals surface area contributed by atoms with E-state index in [1.165, 1.54) is 17.0 Å². The van der Waals surface area contributed by atoms with E-state index in [-0.39, 0.29) is 17.3 Å². The number of methoxy groups -OCH3 is 1. The van der Waals surface area contributed by atoms with Crippen molar-refractivity contribution in [3.05, 3.63) is 90.0 Å². The number of hydrogen-bond donors (Lipinski definition) is 1. The highest BCUT2D eigenvalue weighted by molar-refractivity contribution is 7.92. The average molecular weight is 552 g/mol. The molecule has 0 aliphatic rings. The summed E-state index contributed by atoms with van der Waals surface area (Å²) in [6.07, 6.45) is 1.74. The predicted molar refractivity (Wildman–Crippen MR) is 153 cm³/mol. The molecular formula is C30H37N3O5S. The minimum absolute atomic E-state index is 0.0770. The molecule has 208 valence electrons. The first-order valence-corrected chi connectivity index (χ1v) is 14.5. The van der Waals surface area contributed by atoms with Gasteiger partial charge >= 0.3 is 0 Å². The fourth-order valence-corrected chi connectivity index (χ4v) is 5.62. The Morgan fingerprint density at radius 1 is 0.949 bits per heavy atom. The molecule has 0 bridgehead atoms. The van der Waals surface area contributed by atoms with Crippen molar-refractivity contribution in [3.63, 3.8) is 0 Å². The van der Waals surface area contributed by atoms with Crippen LogP contribution in [-0.4, -0.2) is 51.4 Å². The van der Waals surface area contributed by atoms with Crippen LogP contribution in [0.25, 0.3) is 0 Å². The van der Waals surface area contributed by atoms with Crippen molar-refractivity contribution >= 4 is 27.5 Å². The Morgan fingerprint density at radius 2 is 1.59 bits per heavy atom. The first kappa shape index (κ1) is 29.7. The standard InChI is InChI=1S/C30H37N3O5S/c1-5-6-20-31-30(35)24(3)32(21-25-16-18-26(38-4)19-17-25)29(34)22-33(28-15-11-10-12-23(28)2)39(36,37)27-13-8-7-9-14-27/h7-19,24H,5-6,20-22H2,1-4H3,(H,31,35). The van der Waals surface area contributed by atoms with E-state index >= 15 is 0 Å². The van der Waals surface area contributed by atoms with Gasteiger partial charge in [-0.25, -0.2) is 8.42 Å². The maximum Gasteiger partial charge on any atom is 0.264 e. The van der Waals surface area contributed by atoms with Gasteiger partial charge in [0.25, 0.3) is 10.0 Å². The highest BCUT2D eigenvalue weighted by Crippen LogP contribution is 2.27. The second kappa shape index (κ2) is 13.8. The SMILES string of the molecule is CCCCNC(=O)C(C)N(Cc1ccc(OC)cc1)C(=O)CN(c1ccccc1C)S(=O)(=O)c1ccccc1. The van der Waals surface area contributed by atoms with E-state index < -0.39 is 28.5 Å². The molecule has 9 heteroatoms. The molecule has 0 saturated heterocycles. The number of hydrogen-bond acceptors (Lipinski definition) is 5. The molecule has 1 atom stereocenters. The van der Waals surface area contributed by atoms with Crippen LogP contribution in [-0.2, 0) is 26.2 Å². The molecule has 0 aromatic heterocycles. The lowest BCUT2D eigenvalue weighted by molar-refractivity contribution is -0.139. The zero-order chi connectivity index (χ0) is 28.4. The highest BCUT2D eigenvalue weighted by atomic mass is 32.2. The van der Waals surface area contributed by atoms with Gasteiger partial charge < -0.3 is 15.0 Å². The second-order valence-electron chi connectivity index (χ2n) is 9.30. The molecule has 1 unspecified atom stereocenters. The summed E-state index contributed by atoms with van der Waals surface area (Å²) in [6.45, 7) is 5.64. The van der Waals surface area contributed by atoms with Gasteiger partial charge in [-0.1, -0.05) is 61.9 Å². The lowest BCUT2D eigenvalue weighted by Crippen LogP contribution is -2.51. The van der Waals surface area contributed by atoms with Crippen LogP contribution >= 0.6 is 0 Å². The smallest absolute Gasteiger partial charge is 0.264 e. The summed E-state index contributed by atoms with van der Waals surface area (Å²) in [7, 11) is -2.51. The van der Waals surface area contributed by atoms with Crippen molar-refractivity contribution in [1.82, 2.24) is 10.2 Å². The van der Waals surface area contributed by atoms with E-state index in [9.17, 15) is 18.0 Å². The number of ether oxygens (including phenoxy) is 1. The molecule has 2 amide bonds. The maximum absolute atomic E-state index is 13.9. The normalized spacial score (nSPS) is 11.9. The van der Waals surface area contributed by atoms with Gasteiger partial charge in [-0.05, 0) is 61.7 Å². The first-order chi connectivity index (χ1) is 18.7. The number of anilines is 1. The highest BCUT2D eigenvalue weighted by Gasteiger charge is 2.33. The molecular weight excluding hydrogens is 514 g/mol. The van der Waals surface area contributed by atoms with Gasteiger partial charge in [-0.3, -0.25) is 13.9 Å².